The molecule has 116 valence electrons. The number of hydrogen-bond acceptors (Lipinski definition) is 3. The lowest BCUT2D eigenvalue weighted by molar-refractivity contribution is -0.121. The van der Waals surface area contributed by atoms with Gasteiger partial charge in [-0.2, -0.15) is 0 Å². The third kappa shape index (κ3) is 5.38. The fourth-order valence-electron chi connectivity index (χ4n) is 2.47. The molecular weight excluding hydrogens is 264 g/mol. The number of rotatable bonds is 7. The van der Waals surface area contributed by atoms with Crippen LogP contribution in [0.3, 0.4) is 0 Å². The first kappa shape index (κ1) is 15.8. The lowest BCUT2D eigenvalue weighted by Crippen LogP contribution is -2.36. The fourth-order valence-corrected chi connectivity index (χ4v) is 2.47. The highest BCUT2D eigenvalue weighted by Crippen LogP contribution is 2.16. The van der Waals surface area contributed by atoms with Gasteiger partial charge in [0, 0.05) is 31.7 Å². The van der Waals surface area contributed by atoms with Crippen LogP contribution < -0.4 is 10.2 Å². The molecule has 0 unspecified atom stereocenters. The topological polar surface area (TPSA) is 41.6 Å². The molecule has 21 heavy (non-hydrogen) atoms. The molecule has 4 heteroatoms. The molecule has 1 heterocycles. The Morgan fingerprint density at radius 1 is 1.24 bits per heavy atom. The van der Waals surface area contributed by atoms with Gasteiger partial charge in [0.2, 0.25) is 5.91 Å². The fraction of sp³-hybridized carbons (Fsp3) is 0.588. The Morgan fingerprint density at radius 3 is 2.62 bits per heavy atom. The number of carbonyl (C=O) groups is 1. The van der Waals surface area contributed by atoms with Crippen molar-refractivity contribution < 1.29 is 9.53 Å². The van der Waals surface area contributed by atoms with Crippen LogP contribution in [-0.4, -0.2) is 38.8 Å². The summed E-state index contributed by atoms with van der Waals surface area (Å²) in [6.45, 7) is 6.37. The van der Waals surface area contributed by atoms with Crippen LogP contribution in [-0.2, 0) is 16.0 Å². The molecule has 0 saturated carbocycles. The first-order valence-electron chi connectivity index (χ1n) is 7.98. The molecule has 1 aromatic rings. The van der Waals surface area contributed by atoms with Gasteiger partial charge < -0.3 is 15.0 Å². The summed E-state index contributed by atoms with van der Waals surface area (Å²) >= 11 is 0. The standard InChI is InChI=1S/C17H26N2O2/c1-2-3-4-17(20)18-10-9-15-5-7-16(8-6-15)19-11-13-21-14-12-19/h5-8H,2-4,9-14H2,1H3,(H,18,20). The Balaban J connectivity index is 1.73. The lowest BCUT2D eigenvalue weighted by atomic mass is 10.1. The molecule has 4 nitrogen and oxygen atoms in total. The lowest BCUT2D eigenvalue weighted by Gasteiger charge is -2.28. The van der Waals surface area contributed by atoms with Crippen molar-refractivity contribution in [1.29, 1.82) is 0 Å². The predicted molar refractivity (Wildman–Crippen MR) is 85.7 cm³/mol. The van der Waals surface area contributed by atoms with Gasteiger partial charge in [0.05, 0.1) is 13.2 Å². The van der Waals surface area contributed by atoms with Crippen molar-refractivity contribution >= 4 is 11.6 Å². The highest BCUT2D eigenvalue weighted by atomic mass is 16.5. The smallest absolute Gasteiger partial charge is 0.220 e. The van der Waals surface area contributed by atoms with Crippen LogP contribution in [0.5, 0.6) is 0 Å². The predicted octanol–water partition coefficient (Wildman–Crippen LogP) is 2.37. The number of anilines is 1. The molecule has 0 radical (unpaired) electrons. The van der Waals surface area contributed by atoms with Gasteiger partial charge in [-0.15, -0.1) is 0 Å². The molecule has 1 fully saturated rings. The molecule has 2 rings (SSSR count). The second-order valence-corrected chi connectivity index (χ2v) is 5.47. The van der Waals surface area contributed by atoms with Crippen molar-refractivity contribution in [2.24, 2.45) is 0 Å². The Labute approximate surface area is 127 Å². The maximum absolute atomic E-state index is 11.5. The summed E-state index contributed by atoms with van der Waals surface area (Å²) in [6, 6.07) is 8.64. The van der Waals surface area contributed by atoms with Crippen LogP contribution in [0.4, 0.5) is 5.69 Å². The van der Waals surface area contributed by atoms with Gasteiger partial charge in [-0.25, -0.2) is 0 Å². The molecule has 1 amide bonds. The van der Waals surface area contributed by atoms with Crippen molar-refractivity contribution in [1.82, 2.24) is 5.32 Å². The summed E-state index contributed by atoms with van der Waals surface area (Å²) in [5.74, 6) is 0.168. The van der Waals surface area contributed by atoms with E-state index in [9.17, 15) is 4.79 Å². The maximum atomic E-state index is 11.5. The number of amides is 1. The van der Waals surface area contributed by atoms with Crippen molar-refractivity contribution in [2.75, 3.05) is 37.7 Å². The zero-order valence-corrected chi connectivity index (χ0v) is 12.9. The second kappa shape index (κ2) is 8.67. The Bertz CT molecular complexity index is 425. The Kier molecular flexibility index (Phi) is 6.54. The number of nitrogens with zero attached hydrogens (tertiary/aromatic N) is 1. The molecule has 1 saturated heterocycles. The van der Waals surface area contributed by atoms with Gasteiger partial charge in [0.1, 0.15) is 0 Å². The van der Waals surface area contributed by atoms with E-state index >= 15 is 0 Å². The zero-order chi connectivity index (χ0) is 14.9. The van der Waals surface area contributed by atoms with E-state index in [0.29, 0.717) is 6.42 Å². The molecule has 0 aliphatic carbocycles. The minimum atomic E-state index is 0.168. The Hall–Kier alpha value is -1.55. The van der Waals surface area contributed by atoms with E-state index in [4.69, 9.17) is 4.74 Å². The normalized spacial score (nSPS) is 15.0. The van der Waals surface area contributed by atoms with Gasteiger partial charge in [0.25, 0.3) is 0 Å². The van der Waals surface area contributed by atoms with Gasteiger partial charge in [0.15, 0.2) is 0 Å². The molecule has 0 spiro atoms. The minimum absolute atomic E-state index is 0.168. The summed E-state index contributed by atoms with van der Waals surface area (Å²) in [4.78, 5) is 13.9. The molecular formula is C17H26N2O2. The second-order valence-electron chi connectivity index (χ2n) is 5.47. The van der Waals surface area contributed by atoms with Crippen LogP contribution in [0.2, 0.25) is 0 Å². The summed E-state index contributed by atoms with van der Waals surface area (Å²) in [6.07, 6.45) is 3.57. The summed E-state index contributed by atoms with van der Waals surface area (Å²) < 4.78 is 5.37. The zero-order valence-electron chi connectivity index (χ0n) is 12.9. The average molecular weight is 290 g/mol. The van der Waals surface area contributed by atoms with Crippen molar-refractivity contribution in [3.05, 3.63) is 29.8 Å². The number of carbonyl (C=O) groups excluding carboxylic acids is 1. The van der Waals surface area contributed by atoms with E-state index in [-0.39, 0.29) is 5.91 Å². The number of nitrogens with one attached hydrogen (secondary N) is 1. The molecule has 0 atom stereocenters. The monoisotopic (exact) mass is 290 g/mol. The first-order chi connectivity index (χ1) is 10.3. The summed E-state index contributed by atoms with van der Waals surface area (Å²) in [5.41, 5.74) is 2.52. The van der Waals surface area contributed by atoms with E-state index in [1.165, 1.54) is 11.3 Å². The number of hydrogen-bond donors (Lipinski definition) is 1. The van der Waals surface area contributed by atoms with E-state index in [1.807, 2.05) is 0 Å². The molecule has 0 bridgehead atoms. The van der Waals surface area contributed by atoms with Gasteiger partial charge in [-0.3, -0.25) is 4.79 Å². The van der Waals surface area contributed by atoms with Crippen molar-refractivity contribution in [2.45, 2.75) is 32.6 Å². The van der Waals surface area contributed by atoms with Crippen LogP contribution in [0.1, 0.15) is 31.7 Å². The molecule has 1 aliphatic rings. The quantitative estimate of drug-likeness (QED) is 0.838. The number of ether oxygens (including phenoxy) is 1. The number of benzene rings is 1. The van der Waals surface area contributed by atoms with Crippen LogP contribution in [0.15, 0.2) is 24.3 Å². The number of unbranched alkanes of at least 4 members (excludes halogenated alkanes) is 1. The number of morpholine rings is 1. The average Bonchev–Trinajstić information content (AvgIpc) is 2.54. The maximum Gasteiger partial charge on any atom is 0.220 e. The largest absolute Gasteiger partial charge is 0.378 e. The van der Waals surface area contributed by atoms with E-state index in [2.05, 4.69) is 41.4 Å². The Morgan fingerprint density at radius 2 is 1.95 bits per heavy atom. The highest BCUT2D eigenvalue weighted by molar-refractivity contribution is 5.75. The third-order valence-electron chi connectivity index (χ3n) is 3.81. The van der Waals surface area contributed by atoms with E-state index < -0.39 is 0 Å². The van der Waals surface area contributed by atoms with Crippen LogP contribution in [0.25, 0.3) is 0 Å². The van der Waals surface area contributed by atoms with Gasteiger partial charge in [-0.05, 0) is 30.5 Å². The van der Waals surface area contributed by atoms with E-state index in [1.54, 1.807) is 0 Å². The van der Waals surface area contributed by atoms with E-state index in [0.717, 1.165) is 52.1 Å². The van der Waals surface area contributed by atoms with Gasteiger partial charge in [-0.1, -0.05) is 25.5 Å². The molecule has 1 aromatic carbocycles. The highest BCUT2D eigenvalue weighted by Gasteiger charge is 2.10. The summed E-state index contributed by atoms with van der Waals surface area (Å²) in [7, 11) is 0. The first-order valence-corrected chi connectivity index (χ1v) is 7.98. The van der Waals surface area contributed by atoms with Crippen molar-refractivity contribution in [3.8, 4) is 0 Å². The molecule has 1 N–H and O–H groups in total. The molecule has 1 aliphatic heterocycles. The van der Waals surface area contributed by atoms with Gasteiger partial charge >= 0.3 is 0 Å². The third-order valence-corrected chi connectivity index (χ3v) is 3.81. The van der Waals surface area contributed by atoms with Crippen LogP contribution >= 0.6 is 0 Å². The van der Waals surface area contributed by atoms with Crippen molar-refractivity contribution in [3.63, 3.8) is 0 Å². The SMILES string of the molecule is CCCCC(=O)NCCc1ccc(N2CCOCC2)cc1. The minimum Gasteiger partial charge on any atom is -0.378 e. The van der Waals surface area contributed by atoms with Crippen LogP contribution in [0, 0.1) is 0 Å². The molecule has 0 aromatic heterocycles. The summed E-state index contributed by atoms with van der Waals surface area (Å²) in [5, 5.41) is 2.98.